The number of carboxylic acids is 8. The van der Waals surface area contributed by atoms with Crippen molar-refractivity contribution >= 4 is 93.3 Å². The first-order chi connectivity index (χ1) is 68.0. The van der Waals surface area contributed by atoms with Crippen LogP contribution >= 0.6 is 0 Å². The van der Waals surface area contributed by atoms with Crippen molar-refractivity contribution < 1.29 is 136 Å². The van der Waals surface area contributed by atoms with Crippen LogP contribution in [0.3, 0.4) is 0 Å². The van der Waals surface area contributed by atoms with Gasteiger partial charge in [-0.25, -0.2) is 38.4 Å². The van der Waals surface area contributed by atoms with Crippen LogP contribution in [0.15, 0.2) is 308 Å². The van der Waals surface area contributed by atoms with E-state index >= 15 is 0 Å². The SMILES string of the molecule is O=C(O)COc1cc(OCC(=O)O)c2cc1C(CCCOc1ccc(N=Nc3ccccc3)cc1)c1cc(c(OCC(=O)O)cc1OCC(=O)O)C(CCCOc1ccc(N=Nc3ccccc3)cc1)c1cc(c(OCC(=O)O)cc1OCC(=O)O)C(CCCOc1ccc(N=Nc3ccccc3)cc1)c1cc(c(OCC(=O)O)cc1OCC(=O)O)C2CCCOc1ccc(N=Nc2ccccc2)cc1. The van der Waals surface area contributed by atoms with Gasteiger partial charge in [-0.1, -0.05) is 72.8 Å². The van der Waals surface area contributed by atoms with Crippen molar-refractivity contribution in [3.63, 3.8) is 0 Å². The largest absolute Gasteiger partial charge is 0.494 e. The van der Waals surface area contributed by atoms with Gasteiger partial charge in [0.1, 0.15) is 69.0 Å². The van der Waals surface area contributed by atoms with Gasteiger partial charge >= 0.3 is 47.8 Å². The molecule has 0 heterocycles. The Kier molecular flexibility index (Phi) is 36.1. The first kappa shape index (κ1) is 99.9. The van der Waals surface area contributed by atoms with Gasteiger partial charge in [-0.2, -0.15) is 40.9 Å². The maximum absolute atomic E-state index is 13.2. The number of hydrogen-bond donors (Lipinski definition) is 8. The van der Waals surface area contributed by atoms with E-state index in [9.17, 15) is 79.2 Å². The Morgan fingerprint density at radius 3 is 0.471 bits per heavy atom. The number of hydrogen-bond acceptors (Lipinski definition) is 28. The molecule has 8 N–H and O–H groups in total. The molecule has 0 aliphatic heterocycles. The average molecular weight is 1910 g/mol. The van der Waals surface area contributed by atoms with Crippen LogP contribution in [0.2, 0.25) is 0 Å². The predicted octanol–water partition coefficient (Wildman–Crippen LogP) is 21.3. The summed E-state index contributed by atoms with van der Waals surface area (Å²) in [5, 5.41) is 121. The minimum atomic E-state index is -1.51. The van der Waals surface area contributed by atoms with Gasteiger partial charge in [0, 0.05) is 92.4 Å². The summed E-state index contributed by atoms with van der Waals surface area (Å²) < 4.78 is 77.1. The zero-order valence-electron chi connectivity index (χ0n) is 75.2. The lowest BCUT2D eigenvalue weighted by molar-refractivity contribution is -0.140. The fourth-order valence-electron chi connectivity index (χ4n) is 15.4. The Balaban J connectivity index is 1.08. The first-order valence-corrected chi connectivity index (χ1v) is 44.2. The molecule has 720 valence electrons. The summed E-state index contributed by atoms with van der Waals surface area (Å²) in [4.78, 5) is 106. The van der Waals surface area contributed by atoms with E-state index in [1.165, 1.54) is 48.5 Å². The second-order valence-electron chi connectivity index (χ2n) is 31.5. The molecule has 8 bridgehead atoms. The van der Waals surface area contributed by atoms with E-state index < -0.39 is 124 Å². The van der Waals surface area contributed by atoms with Crippen LogP contribution in [-0.2, 0) is 38.4 Å². The number of carboxylic acid groups (broad SMARTS) is 8. The number of carbonyl (C=O) groups is 8. The minimum Gasteiger partial charge on any atom is -0.494 e. The monoisotopic (exact) mass is 1900 g/mol. The first-order valence-electron chi connectivity index (χ1n) is 44.2. The van der Waals surface area contributed by atoms with E-state index in [4.69, 9.17) is 56.8 Å². The van der Waals surface area contributed by atoms with Crippen molar-refractivity contribution in [1.82, 2.24) is 0 Å². The number of nitrogens with zero attached hydrogens (tertiary/aromatic N) is 8. The van der Waals surface area contributed by atoms with E-state index in [2.05, 4.69) is 40.9 Å². The lowest BCUT2D eigenvalue weighted by atomic mass is 9.76. The maximum atomic E-state index is 13.2. The van der Waals surface area contributed by atoms with E-state index in [1.54, 1.807) is 146 Å². The van der Waals surface area contributed by atoms with E-state index in [0.29, 0.717) is 68.5 Å². The molecule has 0 amide bonds. The van der Waals surface area contributed by atoms with Crippen molar-refractivity contribution in [2.24, 2.45) is 40.9 Å². The van der Waals surface area contributed by atoms with Crippen molar-refractivity contribution in [2.75, 3.05) is 79.3 Å². The van der Waals surface area contributed by atoms with Crippen molar-refractivity contribution in [1.29, 1.82) is 0 Å². The van der Waals surface area contributed by atoms with Crippen LogP contribution in [0.25, 0.3) is 0 Å². The molecule has 0 spiro atoms. The van der Waals surface area contributed by atoms with Crippen LogP contribution < -0.4 is 56.8 Å². The molecule has 36 heteroatoms. The highest BCUT2D eigenvalue weighted by Crippen LogP contribution is 2.55. The van der Waals surface area contributed by atoms with Crippen molar-refractivity contribution in [2.45, 2.75) is 75.0 Å². The van der Waals surface area contributed by atoms with Gasteiger partial charge < -0.3 is 97.7 Å². The third kappa shape index (κ3) is 30.2. The Bertz CT molecular complexity index is 5450. The van der Waals surface area contributed by atoms with Gasteiger partial charge in [-0.15, -0.1) is 0 Å². The van der Waals surface area contributed by atoms with Gasteiger partial charge in [-0.3, -0.25) is 0 Å². The summed E-state index contributed by atoms with van der Waals surface area (Å²) in [7, 11) is 0. The number of benzene rings is 12. The zero-order chi connectivity index (χ0) is 98.5. The average Bonchev–Trinajstić information content (AvgIpc) is 0.758. The van der Waals surface area contributed by atoms with E-state index in [0.717, 1.165) is 0 Å². The molecular weight excluding hydrogens is 1810 g/mol. The van der Waals surface area contributed by atoms with Crippen LogP contribution in [0.1, 0.15) is 120 Å². The van der Waals surface area contributed by atoms with Gasteiger partial charge in [0.15, 0.2) is 52.9 Å². The summed E-state index contributed by atoms with van der Waals surface area (Å²) >= 11 is 0. The summed E-state index contributed by atoms with van der Waals surface area (Å²) in [6.07, 6.45) is -0.550. The van der Waals surface area contributed by atoms with Crippen LogP contribution in [0.5, 0.6) is 69.0 Å². The molecule has 1 aliphatic rings. The van der Waals surface area contributed by atoms with Gasteiger partial charge in [-0.05, 0) is 221 Å². The second kappa shape index (κ2) is 50.7. The Labute approximate surface area is 801 Å². The lowest BCUT2D eigenvalue weighted by Crippen LogP contribution is -2.20. The molecule has 0 unspecified atom stereocenters. The fraction of sp³-hybridized carbons (Fsp3) is 0.231. The third-order valence-corrected chi connectivity index (χ3v) is 21.5. The van der Waals surface area contributed by atoms with Gasteiger partial charge in [0.2, 0.25) is 0 Å². The van der Waals surface area contributed by atoms with Crippen LogP contribution in [-0.4, -0.2) is 168 Å². The summed E-state index contributed by atoms with van der Waals surface area (Å²) in [5.41, 5.74) is 4.49. The topological polar surface area (TPSA) is 508 Å². The highest BCUT2D eigenvalue weighted by atomic mass is 16.5. The quantitative estimate of drug-likeness (QED) is 0.0130. The number of aliphatic carboxylic acids is 8. The molecule has 13 rings (SSSR count). The molecule has 0 saturated heterocycles. The number of ether oxygens (including phenoxy) is 12. The van der Waals surface area contributed by atoms with Crippen molar-refractivity contribution in [3.8, 4) is 69.0 Å². The Morgan fingerprint density at radius 2 is 0.329 bits per heavy atom. The predicted molar refractivity (Wildman–Crippen MR) is 505 cm³/mol. The molecular formula is C104H96N8O28. The number of azo groups is 4. The smallest absolute Gasteiger partial charge is 0.341 e. The third-order valence-electron chi connectivity index (χ3n) is 21.5. The second-order valence-corrected chi connectivity index (χ2v) is 31.5. The molecule has 0 saturated carbocycles. The molecule has 0 fully saturated rings. The Morgan fingerprint density at radius 1 is 0.186 bits per heavy atom. The van der Waals surface area contributed by atoms with Gasteiger partial charge in [0.05, 0.1) is 71.9 Å². The van der Waals surface area contributed by atoms with Crippen LogP contribution in [0.4, 0.5) is 45.5 Å². The van der Waals surface area contributed by atoms with Crippen LogP contribution in [0, 0.1) is 0 Å². The summed E-state index contributed by atoms with van der Waals surface area (Å²) in [5.74, 6) is -18.4. The molecule has 0 atom stereocenters. The molecule has 1 aliphatic carbocycles. The minimum absolute atomic E-state index is 0.00865. The molecule has 12 aromatic rings. The van der Waals surface area contributed by atoms with E-state index in [-0.39, 0.29) is 168 Å². The normalized spacial score (nSPS) is 13.8. The molecule has 36 nitrogen and oxygen atoms in total. The number of fused-ring (bicyclic) bond motifs is 8. The summed E-state index contributed by atoms with van der Waals surface area (Å²) in [6, 6.07) is 73.9. The van der Waals surface area contributed by atoms with Crippen molar-refractivity contribution in [3.05, 3.63) is 311 Å². The molecule has 12 aromatic carbocycles. The van der Waals surface area contributed by atoms with E-state index in [1.807, 2.05) is 72.8 Å². The molecule has 140 heavy (non-hydrogen) atoms. The number of rotatable bonds is 52. The highest BCUT2D eigenvalue weighted by Gasteiger charge is 2.37. The molecule has 0 aromatic heterocycles. The highest BCUT2D eigenvalue weighted by molar-refractivity contribution is 5.75. The standard InChI is InChI=1S/C104H96N8O28/c113-97(114)57-133-89-53-91(135-59-99(117)118)83-49-81(89)77(25-13-45-129-73-37-29-69(30-38-73)109-105-65-17-5-1-6-18-65)82-50-84(92(136-60-100(119)120)54-90(82)134-58-98(115)116)79(27-15-47-131-75-41-33-71(34-42-75)111-107-67-21-9-3-10-22-67)86-52-88(96(140-64-104(127)128)56-94(86)138-62-102(123)124)80(28-16-48-132-76-43-35-72(36-44-76)112-108-68-23-11-4-12-24-68)87-51-85(93(137-61-101(121)122)55-95(87)139-63-103(125)126)78(83)26-14-46-130-74-39-31-70(32-40-74)110-106-66-19-7-2-8-20-66/h1-12,17-24,29-44,49-56,77-80H,13-16,25-28,45-48,57-64H2,(H,113,114)(H,115,116)(H,117,118)(H,119,120)(H,121,122)(H,123,124)(H,125,126)(H,127,128). The van der Waals surface area contributed by atoms with Gasteiger partial charge in [0.25, 0.3) is 0 Å². The lowest BCUT2D eigenvalue weighted by Gasteiger charge is -2.32. The molecule has 0 radical (unpaired) electrons. The maximum Gasteiger partial charge on any atom is 0.341 e. The summed E-state index contributed by atoms with van der Waals surface area (Å²) in [6.45, 7) is -9.24. The Hall–Kier alpha value is -17.6. The fourth-order valence-corrected chi connectivity index (χ4v) is 15.4. The zero-order valence-corrected chi connectivity index (χ0v) is 75.2.